The van der Waals surface area contributed by atoms with Gasteiger partial charge in [-0.1, -0.05) is 6.07 Å². The smallest absolute Gasteiger partial charge is 0.205 e. The minimum absolute atomic E-state index is 0.266. The Morgan fingerprint density at radius 1 is 1.25 bits per heavy atom. The van der Waals surface area contributed by atoms with Crippen LogP contribution in [-0.4, -0.2) is 16.7 Å². The number of nitrogens with two attached hydrogens (primary N) is 1. The van der Waals surface area contributed by atoms with Gasteiger partial charge < -0.3 is 10.5 Å². The fourth-order valence-electron chi connectivity index (χ4n) is 2.30. The molecule has 1 heterocycles. The van der Waals surface area contributed by atoms with Crippen LogP contribution in [0.15, 0.2) is 36.4 Å². The number of halogens is 1. The fraction of sp³-hybridized carbons (Fsp3) is 0.133. The fourth-order valence-corrected chi connectivity index (χ4v) is 2.30. The number of nitrogens with zero attached hydrogens (tertiary/aromatic N) is 2. The summed E-state index contributed by atoms with van der Waals surface area (Å²) < 4.78 is 20.6. The van der Waals surface area contributed by atoms with E-state index in [1.54, 1.807) is 30.7 Å². The zero-order valence-electron chi connectivity index (χ0n) is 11.2. The van der Waals surface area contributed by atoms with Gasteiger partial charge in [0.1, 0.15) is 11.6 Å². The van der Waals surface area contributed by atoms with Crippen molar-refractivity contribution in [1.82, 2.24) is 9.55 Å². The molecule has 3 rings (SSSR count). The van der Waals surface area contributed by atoms with Gasteiger partial charge in [0.05, 0.1) is 23.8 Å². The highest BCUT2D eigenvalue weighted by Gasteiger charge is 2.14. The average Bonchev–Trinajstić information content (AvgIpc) is 2.77. The zero-order chi connectivity index (χ0) is 14.3. The van der Waals surface area contributed by atoms with Gasteiger partial charge >= 0.3 is 0 Å². The van der Waals surface area contributed by atoms with E-state index in [1.165, 1.54) is 6.07 Å². The molecule has 3 aromatic rings. The molecule has 1 aromatic heterocycles. The SMILES string of the molecule is COc1ccc2c(c1)nc(N)n2-c1cccc(F)c1C. The van der Waals surface area contributed by atoms with Crippen LogP contribution in [-0.2, 0) is 0 Å². The van der Waals surface area contributed by atoms with Crippen molar-refractivity contribution >= 4 is 17.0 Å². The molecule has 4 nitrogen and oxygen atoms in total. The molecule has 102 valence electrons. The number of fused-ring (bicyclic) bond motifs is 1. The zero-order valence-corrected chi connectivity index (χ0v) is 11.2. The molecule has 2 aromatic carbocycles. The molecule has 0 unspecified atom stereocenters. The second-order valence-corrected chi connectivity index (χ2v) is 4.54. The van der Waals surface area contributed by atoms with Gasteiger partial charge in [0.2, 0.25) is 5.95 Å². The average molecular weight is 271 g/mol. The molecule has 0 aliphatic carbocycles. The number of imidazole rings is 1. The number of rotatable bonds is 2. The molecule has 0 amide bonds. The first kappa shape index (κ1) is 12.5. The Hall–Kier alpha value is -2.56. The first-order valence-electron chi connectivity index (χ1n) is 6.19. The molecule has 0 bridgehead atoms. The molecule has 0 aliphatic heterocycles. The molecule has 0 fully saturated rings. The lowest BCUT2D eigenvalue weighted by molar-refractivity contribution is 0.415. The van der Waals surface area contributed by atoms with Crippen LogP contribution in [0.1, 0.15) is 5.56 Å². The van der Waals surface area contributed by atoms with Crippen LogP contribution in [0.4, 0.5) is 10.3 Å². The maximum absolute atomic E-state index is 13.7. The number of nitrogen functional groups attached to an aromatic ring is 1. The second-order valence-electron chi connectivity index (χ2n) is 4.54. The molecule has 0 aliphatic rings. The summed E-state index contributed by atoms with van der Waals surface area (Å²) in [5.74, 6) is 0.761. The molecule has 0 spiro atoms. The highest BCUT2D eigenvalue weighted by molar-refractivity contribution is 5.82. The van der Waals surface area contributed by atoms with Crippen molar-refractivity contribution in [1.29, 1.82) is 0 Å². The maximum Gasteiger partial charge on any atom is 0.205 e. The van der Waals surface area contributed by atoms with Crippen molar-refractivity contribution in [2.24, 2.45) is 0 Å². The van der Waals surface area contributed by atoms with Crippen molar-refractivity contribution in [3.63, 3.8) is 0 Å². The third kappa shape index (κ3) is 1.79. The van der Waals surface area contributed by atoms with Gasteiger partial charge in [-0.05, 0) is 31.2 Å². The van der Waals surface area contributed by atoms with Gasteiger partial charge in [0.15, 0.2) is 0 Å². The number of methoxy groups -OCH3 is 1. The summed E-state index contributed by atoms with van der Waals surface area (Å²) in [6.45, 7) is 1.72. The summed E-state index contributed by atoms with van der Waals surface area (Å²) in [6, 6.07) is 10.4. The summed E-state index contributed by atoms with van der Waals surface area (Å²) in [6.07, 6.45) is 0. The van der Waals surface area contributed by atoms with Crippen LogP contribution in [0.25, 0.3) is 16.7 Å². The van der Waals surface area contributed by atoms with E-state index in [0.29, 0.717) is 28.5 Å². The van der Waals surface area contributed by atoms with Crippen LogP contribution in [0, 0.1) is 12.7 Å². The van der Waals surface area contributed by atoms with E-state index >= 15 is 0 Å². The lowest BCUT2D eigenvalue weighted by Gasteiger charge is -2.10. The normalized spacial score (nSPS) is 10.9. The van der Waals surface area contributed by atoms with Gasteiger partial charge in [-0.3, -0.25) is 4.57 Å². The maximum atomic E-state index is 13.7. The van der Waals surface area contributed by atoms with Crippen LogP contribution in [0.3, 0.4) is 0 Å². The molecule has 0 saturated carbocycles. The number of aromatic nitrogens is 2. The van der Waals surface area contributed by atoms with Crippen molar-refractivity contribution in [3.05, 3.63) is 47.8 Å². The quantitative estimate of drug-likeness (QED) is 0.779. The summed E-state index contributed by atoms with van der Waals surface area (Å²) in [5.41, 5.74) is 8.74. The minimum Gasteiger partial charge on any atom is -0.497 e. The van der Waals surface area contributed by atoms with E-state index < -0.39 is 0 Å². The van der Waals surface area contributed by atoms with Gasteiger partial charge in [0.25, 0.3) is 0 Å². The number of anilines is 1. The van der Waals surface area contributed by atoms with Crippen LogP contribution >= 0.6 is 0 Å². The number of hydrogen-bond donors (Lipinski definition) is 1. The molecule has 5 heteroatoms. The number of benzene rings is 2. The van der Waals surface area contributed by atoms with E-state index in [2.05, 4.69) is 4.98 Å². The largest absolute Gasteiger partial charge is 0.497 e. The van der Waals surface area contributed by atoms with Crippen LogP contribution < -0.4 is 10.5 Å². The minimum atomic E-state index is -0.266. The predicted octanol–water partition coefficient (Wildman–Crippen LogP) is 3.06. The molecular formula is C15H14FN3O. The Morgan fingerprint density at radius 3 is 2.80 bits per heavy atom. The predicted molar refractivity (Wildman–Crippen MR) is 76.7 cm³/mol. The van der Waals surface area contributed by atoms with Gasteiger partial charge in [0, 0.05) is 11.6 Å². The van der Waals surface area contributed by atoms with Crippen molar-refractivity contribution in [2.45, 2.75) is 6.92 Å². The number of hydrogen-bond acceptors (Lipinski definition) is 3. The van der Waals surface area contributed by atoms with Crippen LogP contribution in [0.2, 0.25) is 0 Å². The van der Waals surface area contributed by atoms with Gasteiger partial charge in [-0.25, -0.2) is 9.37 Å². The Labute approximate surface area is 115 Å². The molecule has 2 N–H and O–H groups in total. The van der Waals surface area contributed by atoms with E-state index in [1.807, 2.05) is 18.2 Å². The lowest BCUT2D eigenvalue weighted by Crippen LogP contribution is -2.03. The standard InChI is InChI=1S/C15H14FN3O/c1-9-11(16)4-3-5-13(9)19-14-7-6-10(20-2)8-12(14)18-15(19)17/h3-8H,1-2H3,(H2,17,18). The molecule has 0 atom stereocenters. The van der Waals surface area contributed by atoms with Crippen molar-refractivity contribution < 1.29 is 9.13 Å². The lowest BCUT2D eigenvalue weighted by atomic mass is 10.2. The van der Waals surface area contributed by atoms with Gasteiger partial charge in [-0.15, -0.1) is 0 Å². The highest BCUT2D eigenvalue weighted by atomic mass is 19.1. The third-order valence-corrected chi connectivity index (χ3v) is 3.37. The van der Waals surface area contributed by atoms with Crippen molar-refractivity contribution in [3.8, 4) is 11.4 Å². The summed E-state index contributed by atoms with van der Waals surface area (Å²) in [4.78, 5) is 4.31. The monoisotopic (exact) mass is 271 g/mol. The first-order valence-corrected chi connectivity index (χ1v) is 6.19. The summed E-state index contributed by atoms with van der Waals surface area (Å²) >= 11 is 0. The Balaban J connectivity index is 2.31. The van der Waals surface area contributed by atoms with E-state index in [-0.39, 0.29) is 5.82 Å². The van der Waals surface area contributed by atoms with E-state index in [0.717, 1.165) is 5.52 Å². The summed E-state index contributed by atoms with van der Waals surface area (Å²) in [7, 11) is 1.60. The third-order valence-electron chi connectivity index (χ3n) is 3.37. The Bertz CT molecular complexity index is 795. The topological polar surface area (TPSA) is 53.1 Å². The first-order chi connectivity index (χ1) is 9.61. The number of ether oxygens (including phenoxy) is 1. The van der Waals surface area contributed by atoms with E-state index in [9.17, 15) is 4.39 Å². The van der Waals surface area contributed by atoms with Gasteiger partial charge in [-0.2, -0.15) is 0 Å². The van der Waals surface area contributed by atoms with Crippen LogP contribution in [0.5, 0.6) is 5.75 Å². The molecule has 20 heavy (non-hydrogen) atoms. The molecular weight excluding hydrogens is 257 g/mol. The Morgan fingerprint density at radius 2 is 2.05 bits per heavy atom. The Kier molecular flexibility index (Phi) is 2.82. The molecule has 0 radical (unpaired) electrons. The second kappa shape index (κ2) is 4.52. The highest BCUT2D eigenvalue weighted by Crippen LogP contribution is 2.28. The molecule has 0 saturated heterocycles. The van der Waals surface area contributed by atoms with Crippen molar-refractivity contribution in [2.75, 3.05) is 12.8 Å². The summed E-state index contributed by atoms with van der Waals surface area (Å²) in [5, 5.41) is 0. The van der Waals surface area contributed by atoms with E-state index in [4.69, 9.17) is 10.5 Å².